The number of hydrogen-bond acceptors (Lipinski definition) is 2. The molecule has 2 rings (SSSR count). The molecule has 13 heavy (non-hydrogen) atoms. The van der Waals surface area contributed by atoms with E-state index in [4.69, 9.17) is 5.73 Å². The Hall–Kier alpha value is -1.51. The maximum atomic E-state index is 11.0. The highest BCUT2D eigenvalue weighted by Gasteiger charge is 2.23. The fraction of sp³-hybridized carbons (Fsp3) is 0.300. The van der Waals surface area contributed by atoms with Gasteiger partial charge in [0.2, 0.25) is 5.91 Å². The largest absolute Gasteiger partial charge is 0.398 e. The summed E-state index contributed by atoms with van der Waals surface area (Å²) in [5.74, 6) is 0.119. The van der Waals surface area contributed by atoms with Crippen LogP contribution in [0.4, 0.5) is 5.69 Å². The molecule has 1 atom stereocenters. The normalized spacial score (nSPS) is 21.5. The van der Waals surface area contributed by atoms with E-state index in [-0.39, 0.29) is 11.9 Å². The number of rotatable bonds is 1. The van der Waals surface area contributed by atoms with Crippen LogP contribution in [-0.4, -0.2) is 5.91 Å². The number of nitrogens with one attached hydrogen (secondary N) is 1. The van der Waals surface area contributed by atoms with E-state index in [1.807, 2.05) is 24.3 Å². The Morgan fingerprint density at radius 2 is 2.15 bits per heavy atom. The Bertz CT molecular complexity index is 335. The summed E-state index contributed by atoms with van der Waals surface area (Å²) < 4.78 is 0. The van der Waals surface area contributed by atoms with E-state index in [9.17, 15) is 4.79 Å². The Morgan fingerprint density at radius 3 is 2.77 bits per heavy atom. The number of amides is 1. The molecule has 1 aliphatic heterocycles. The number of carbonyl (C=O) groups excluding carboxylic acids is 1. The van der Waals surface area contributed by atoms with Crippen molar-refractivity contribution in [2.24, 2.45) is 0 Å². The third kappa shape index (κ3) is 1.49. The second kappa shape index (κ2) is 3.09. The minimum atomic E-state index is 0.119. The predicted octanol–water partition coefficient (Wildman–Crippen LogP) is 1.22. The lowest BCUT2D eigenvalue weighted by atomic mass is 10.0. The minimum absolute atomic E-state index is 0.119. The SMILES string of the molecule is Nc1ccccc1C1CCC(=O)N1. The number of anilines is 1. The molecule has 0 aliphatic carbocycles. The molecule has 0 saturated carbocycles. The van der Waals surface area contributed by atoms with Gasteiger partial charge in [-0.15, -0.1) is 0 Å². The molecular weight excluding hydrogens is 164 g/mol. The first-order chi connectivity index (χ1) is 6.27. The second-order valence-corrected chi connectivity index (χ2v) is 3.29. The maximum Gasteiger partial charge on any atom is 0.220 e. The van der Waals surface area contributed by atoms with Crippen LogP contribution in [0.15, 0.2) is 24.3 Å². The highest BCUT2D eigenvalue weighted by Crippen LogP contribution is 2.27. The molecule has 68 valence electrons. The molecule has 0 bridgehead atoms. The fourth-order valence-electron chi connectivity index (χ4n) is 1.68. The average Bonchev–Trinajstić information content (AvgIpc) is 2.53. The molecule has 0 radical (unpaired) electrons. The number of nitrogens with two attached hydrogens (primary N) is 1. The molecule has 3 nitrogen and oxygen atoms in total. The van der Waals surface area contributed by atoms with Gasteiger partial charge in [-0.2, -0.15) is 0 Å². The Morgan fingerprint density at radius 1 is 1.38 bits per heavy atom. The van der Waals surface area contributed by atoms with Gasteiger partial charge in [-0.1, -0.05) is 18.2 Å². The Balaban J connectivity index is 2.26. The number of carbonyl (C=O) groups is 1. The molecule has 0 aromatic heterocycles. The van der Waals surface area contributed by atoms with Gasteiger partial charge >= 0.3 is 0 Å². The molecule has 1 unspecified atom stereocenters. The number of para-hydroxylation sites is 1. The highest BCUT2D eigenvalue weighted by molar-refractivity contribution is 5.79. The third-order valence-electron chi connectivity index (χ3n) is 2.37. The van der Waals surface area contributed by atoms with Crippen molar-refractivity contribution >= 4 is 11.6 Å². The molecule has 0 spiro atoms. The van der Waals surface area contributed by atoms with Crippen LogP contribution in [0.25, 0.3) is 0 Å². The van der Waals surface area contributed by atoms with Gasteiger partial charge < -0.3 is 11.1 Å². The molecular formula is C10H12N2O. The van der Waals surface area contributed by atoms with Gasteiger partial charge in [0.05, 0.1) is 6.04 Å². The van der Waals surface area contributed by atoms with Crippen LogP contribution < -0.4 is 11.1 Å². The van der Waals surface area contributed by atoms with E-state index >= 15 is 0 Å². The average molecular weight is 176 g/mol. The van der Waals surface area contributed by atoms with Gasteiger partial charge in [-0.25, -0.2) is 0 Å². The van der Waals surface area contributed by atoms with E-state index in [1.54, 1.807) is 0 Å². The monoisotopic (exact) mass is 176 g/mol. The summed E-state index contributed by atoms with van der Waals surface area (Å²) in [6.07, 6.45) is 1.46. The van der Waals surface area contributed by atoms with Gasteiger partial charge in [-0.3, -0.25) is 4.79 Å². The summed E-state index contributed by atoms with van der Waals surface area (Å²) >= 11 is 0. The van der Waals surface area contributed by atoms with E-state index in [0.717, 1.165) is 17.7 Å². The van der Waals surface area contributed by atoms with Crippen molar-refractivity contribution in [3.8, 4) is 0 Å². The molecule has 1 amide bonds. The standard InChI is InChI=1S/C10H12N2O/c11-8-4-2-1-3-7(8)9-5-6-10(13)12-9/h1-4,9H,5-6,11H2,(H,12,13). The van der Waals surface area contributed by atoms with Crippen molar-refractivity contribution in [3.05, 3.63) is 29.8 Å². The van der Waals surface area contributed by atoms with Crippen molar-refractivity contribution < 1.29 is 4.79 Å². The van der Waals surface area contributed by atoms with Gasteiger partial charge in [0.1, 0.15) is 0 Å². The van der Waals surface area contributed by atoms with Crippen LogP contribution in [0.1, 0.15) is 24.4 Å². The Labute approximate surface area is 76.9 Å². The van der Waals surface area contributed by atoms with E-state index in [2.05, 4.69) is 5.32 Å². The summed E-state index contributed by atoms with van der Waals surface area (Å²) in [5, 5.41) is 2.89. The van der Waals surface area contributed by atoms with Crippen LogP contribution in [-0.2, 0) is 4.79 Å². The molecule has 1 aromatic rings. The predicted molar refractivity (Wildman–Crippen MR) is 51.0 cm³/mol. The topological polar surface area (TPSA) is 55.1 Å². The minimum Gasteiger partial charge on any atom is -0.398 e. The molecule has 1 heterocycles. The molecule has 3 N–H and O–H groups in total. The van der Waals surface area contributed by atoms with Crippen LogP contribution >= 0.6 is 0 Å². The first-order valence-corrected chi connectivity index (χ1v) is 4.41. The summed E-state index contributed by atoms with van der Waals surface area (Å²) in [6.45, 7) is 0. The first kappa shape index (κ1) is 8.10. The zero-order valence-electron chi connectivity index (χ0n) is 7.29. The lowest BCUT2D eigenvalue weighted by molar-refractivity contribution is -0.119. The van der Waals surface area contributed by atoms with Crippen molar-refractivity contribution in [1.82, 2.24) is 5.32 Å². The van der Waals surface area contributed by atoms with Gasteiger partial charge in [0, 0.05) is 12.1 Å². The van der Waals surface area contributed by atoms with Crippen molar-refractivity contribution in [1.29, 1.82) is 0 Å². The lowest BCUT2D eigenvalue weighted by Gasteiger charge is -2.12. The molecule has 1 aliphatic rings. The maximum absolute atomic E-state index is 11.0. The molecule has 1 aromatic carbocycles. The molecule has 1 saturated heterocycles. The quantitative estimate of drug-likeness (QED) is 0.632. The van der Waals surface area contributed by atoms with E-state index in [0.29, 0.717) is 6.42 Å². The third-order valence-corrected chi connectivity index (χ3v) is 2.37. The number of nitrogen functional groups attached to an aromatic ring is 1. The van der Waals surface area contributed by atoms with E-state index in [1.165, 1.54) is 0 Å². The molecule has 3 heteroatoms. The smallest absolute Gasteiger partial charge is 0.220 e. The van der Waals surface area contributed by atoms with Crippen LogP contribution in [0, 0.1) is 0 Å². The van der Waals surface area contributed by atoms with Crippen molar-refractivity contribution in [2.45, 2.75) is 18.9 Å². The Kier molecular flexibility index (Phi) is 1.93. The van der Waals surface area contributed by atoms with Crippen molar-refractivity contribution in [3.63, 3.8) is 0 Å². The fourth-order valence-corrected chi connectivity index (χ4v) is 1.68. The number of hydrogen-bond donors (Lipinski definition) is 2. The lowest BCUT2D eigenvalue weighted by Crippen LogP contribution is -2.19. The number of benzene rings is 1. The zero-order chi connectivity index (χ0) is 9.26. The molecule has 1 fully saturated rings. The second-order valence-electron chi connectivity index (χ2n) is 3.29. The van der Waals surface area contributed by atoms with Gasteiger partial charge in [0.15, 0.2) is 0 Å². The summed E-state index contributed by atoms with van der Waals surface area (Å²) in [6, 6.07) is 7.78. The highest BCUT2D eigenvalue weighted by atomic mass is 16.1. The van der Waals surface area contributed by atoms with Crippen LogP contribution in [0.5, 0.6) is 0 Å². The van der Waals surface area contributed by atoms with Crippen LogP contribution in [0.3, 0.4) is 0 Å². The first-order valence-electron chi connectivity index (χ1n) is 4.41. The summed E-state index contributed by atoms with van der Waals surface area (Å²) in [4.78, 5) is 11.0. The summed E-state index contributed by atoms with van der Waals surface area (Å²) in [7, 11) is 0. The zero-order valence-corrected chi connectivity index (χ0v) is 7.29. The van der Waals surface area contributed by atoms with Gasteiger partial charge in [0.25, 0.3) is 0 Å². The van der Waals surface area contributed by atoms with Crippen molar-refractivity contribution in [2.75, 3.05) is 5.73 Å². The van der Waals surface area contributed by atoms with Gasteiger partial charge in [-0.05, 0) is 18.1 Å². The summed E-state index contributed by atoms with van der Waals surface area (Å²) in [5.41, 5.74) is 7.59. The van der Waals surface area contributed by atoms with Crippen LogP contribution in [0.2, 0.25) is 0 Å². The van der Waals surface area contributed by atoms with E-state index < -0.39 is 0 Å².